The van der Waals surface area contributed by atoms with Gasteiger partial charge in [-0.2, -0.15) is 0 Å². The van der Waals surface area contributed by atoms with Crippen molar-refractivity contribution in [3.8, 4) is 0 Å². The maximum absolute atomic E-state index is 12.2. The average Bonchev–Trinajstić information content (AvgIpc) is 3.01. The second-order valence-corrected chi connectivity index (χ2v) is 5.98. The number of halogens is 1. The summed E-state index contributed by atoms with van der Waals surface area (Å²) < 4.78 is 0.928. The number of nitrogens with one attached hydrogen (secondary N) is 1. The average molecular weight is 346 g/mol. The van der Waals surface area contributed by atoms with E-state index >= 15 is 0 Å². The first-order valence-corrected chi connectivity index (χ1v) is 7.79. The lowest BCUT2D eigenvalue weighted by Gasteiger charge is -2.16. The molecule has 2 heterocycles. The van der Waals surface area contributed by atoms with Gasteiger partial charge >= 0.3 is 0 Å². The molecule has 5 heteroatoms. The number of nitrogens with zero attached hydrogens (tertiary/aromatic N) is 2. The minimum absolute atomic E-state index is 0.193. The number of hydrogen-bond acceptors (Lipinski definition) is 3. The summed E-state index contributed by atoms with van der Waals surface area (Å²) in [7, 11) is 0. The van der Waals surface area contributed by atoms with Gasteiger partial charge in [0.2, 0.25) is 0 Å². The third-order valence-electron chi connectivity index (χ3n) is 3.53. The third-order valence-corrected chi connectivity index (χ3v) is 4.03. The lowest BCUT2D eigenvalue weighted by atomic mass is 10.2. The monoisotopic (exact) mass is 345 g/mol. The molecule has 0 atom stereocenters. The van der Waals surface area contributed by atoms with E-state index in [0.717, 1.165) is 28.9 Å². The molecule has 21 heavy (non-hydrogen) atoms. The van der Waals surface area contributed by atoms with E-state index in [1.807, 2.05) is 30.3 Å². The van der Waals surface area contributed by atoms with Crippen molar-refractivity contribution in [3.05, 3.63) is 52.8 Å². The number of pyridine rings is 1. The molecule has 0 bridgehead atoms. The summed E-state index contributed by atoms with van der Waals surface area (Å²) >= 11 is 3.38. The number of benzene rings is 1. The minimum atomic E-state index is -0.193. The molecule has 0 aliphatic carbocycles. The van der Waals surface area contributed by atoms with Crippen LogP contribution in [0.25, 0.3) is 0 Å². The predicted molar refractivity (Wildman–Crippen MR) is 87.8 cm³/mol. The summed E-state index contributed by atoms with van der Waals surface area (Å²) in [5.74, 6) is -0.193. The van der Waals surface area contributed by atoms with Crippen LogP contribution in [0.15, 0.2) is 47.1 Å². The largest absolute Gasteiger partial charge is 0.370 e. The van der Waals surface area contributed by atoms with Crippen molar-refractivity contribution in [2.75, 3.05) is 23.3 Å². The van der Waals surface area contributed by atoms with Gasteiger partial charge in [0.1, 0.15) is 5.69 Å². The summed E-state index contributed by atoms with van der Waals surface area (Å²) in [6.07, 6.45) is 4.23. The van der Waals surface area contributed by atoms with E-state index in [-0.39, 0.29) is 5.91 Å². The maximum atomic E-state index is 12.2. The number of carbonyl (C=O) groups excluding carboxylic acids is 1. The number of hydrogen-bond donors (Lipinski definition) is 1. The predicted octanol–water partition coefficient (Wildman–Crippen LogP) is 3.70. The second-order valence-electron chi connectivity index (χ2n) is 5.06. The minimum Gasteiger partial charge on any atom is -0.370 e. The first-order chi connectivity index (χ1) is 10.2. The fourth-order valence-corrected chi connectivity index (χ4v) is 2.84. The zero-order valence-electron chi connectivity index (χ0n) is 11.6. The zero-order chi connectivity index (χ0) is 14.7. The highest BCUT2D eigenvalue weighted by atomic mass is 79.9. The van der Waals surface area contributed by atoms with Gasteiger partial charge in [-0.15, -0.1) is 0 Å². The Morgan fingerprint density at radius 3 is 2.67 bits per heavy atom. The van der Waals surface area contributed by atoms with Gasteiger partial charge in [0, 0.05) is 23.2 Å². The van der Waals surface area contributed by atoms with Gasteiger partial charge < -0.3 is 10.2 Å². The summed E-state index contributed by atoms with van der Waals surface area (Å²) in [4.78, 5) is 18.7. The molecule has 1 N–H and O–H groups in total. The van der Waals surface area contributed by atoms with Crippen LogP contribution >= 0.6 is 15.9 Å². The highest BCUT2D eigenvalue weighted by Gasteiger charge is 2.14. The molecule has 4 nitrogen and oxygen atoms in total. The highest BCUT2D eigenvalue weighted by molar-refractivity contribution is 9.10. The van der Waals surface area contributed by atoms with Crippen LogP contribution in [0.5, 0.6) is 0 Å². The first kappa shape index (κ1) is 14.1. The van der Waals surface area contributed by atoms with Crippen molar-refractivity contribution >= 4 is 33.2 Å². The molecule has 1 aliphatic rings. The van der Waals surface area contributed by atoms with E-state index in [2.05, 4.69) is 31.1 Å². The molecule has 1 amide bonds. The quantitative estimate of drug-likeness (QED) is 0.922. The Morgan fingerprint density at radius 1 is 1.19 bits per heavy atom. The molecular weight excluding hydrogens is 330 g/mol. The van der Waals surface area contributed by atoms with Gasteiger partial charge in [-0.25, -0.2) is 4.98 Å². The Kier molecular flexibility index (Phi) is 4.20. The van der Waals surface area contributed by atoms with Crippen molar-refractivity contribution < 1.29 is 4.79 Å². The summed E-state index contributed by atoms with van der Waals surface area (Å²) in [5, 5.41) is 2.84. The van der Waals surface area contributed by atoms with Gasteiger partial charge in [-0.3, -0.25) is 4.79 Å². The normalized spacial score (nSPS) is 14.2. The molecule has 1 aliphatic heterocycles. The van der Waals surface area contributed by atoms with Crippen molar-refractivity contribution in [3.63, 3.8) is 0 Å². The van der Waals surface area contributed by atoms with Gasteiger partial charge in [-0.05, 0) is 43.2 Å². The molecule has 0 unspecified atom stereocenters. The van der Waals surface area contributed by atoms with Gasteiger partial charge in [0.05, 0.1) is 11.9 Å². The van der Waals surface area contributed by atoms with Crippen LogP contribution in [-0.2, 0) is 0 Å². The van der Waals surface area contributed by atoms with E-state index in [4.69, 9.17) is 0 Å². The number of carbonyl (C=O) groups is 1. The molecule has 1 aromatic carbocycles. The van der Waals surface area contributed by atoms with Gasteiger partial charge in [-0.1, -0.05) is 22.0 Å². The fraction of sp³-hybridized carbons (Fsp3) is 0.250. The maximum Gasteiger partial charge on any atom is 0.274 e. The lowest BCUT2D eigenvalue weighted by Crippen LogP contribution is -2.19. The molecule has 1 saturated heterocycles. The zero-order valence-corrected chi connectivity index (χ0v) is 13.1. The van der Waals surface area contributed by atoms with E-state index in [1.54, 1.807) is 12.3 Å². The Morgan fingerprint density at radius 2 is 2.00 bits per heavy atom. The lowest BCUT2D eigenvalue weighted by molar-refractivity contribution is 0.102. The van der Waals surface area contributed by atoms with E-state index in [0.29, 0.717) is 5.69 Å². The van der Waals surface area contributed by atoms with Crippen LogP contribution in [-0.4, -0.2) is 24.0 Å². The highest BCUT2D eigenvalue weighted by Crippen LogP contribution is 2.20. The van der Waals surface area contributed by atoms with Crippen LogP contribution in [0.3, 0.4) is 0 Å². The molecular formula is C16H16BrN3O. The summed E-state index contributed by atoms with van der Waals surface area (Å²) in [6, 6.07) is 11.2. The smallest absolute Gasteiger partial charge is 0.274 e. The van der Waals surface area contributed by atoms with Crippen LogP contribution in [0.1, 0.15) is 23.3 Å². The number of anilines is 2. The third kappa shape index (κ3) is 3.42. The van der Waals surface area contributed by atoms with E-state index in [9.17, 15) is 4.79 Å². The molecule has 3 rings (SSSR count). The molecule has 0 radical (unpaired) electrons. The van der Waals surface area contributed by atoms with Crippen LogP contribution in [0.2, 0.25) is 0 Å². The van der Waals surface area contributed by atoms with Crippen molar-refractivity contribution in [2.45, 2.75) is 12.8 Å². The number of amides is 1. The molecule has 0 spiro atoms. The SMILES string of the molecule is O=C(Nc1cccc(Br)c1)c1ccc(N2CCCC2)cn1. The Hall–Kier alpha value is -1.88. The van der Waals surface area contributed by atoms with Crippen molar-refractivity contribution in [1.29, 1.82) is 0 Å². The number of aromatic nitrogens is 1. The van der Waals surface area contributed by atoms with E-state index < -0.39 is 0 Å². The van der Waals surface area contributed by atoms with Crippen LogP contribution in [0, 0.1) is 0 Å². The summed E-state index contributed by atoms with van der Waals surface area (Å²) in [6.45, 7) is 2.15. The topological polar surface area (TPSA) is 45.2 Å². The molecule has 1 aromatic heterocycles. The van der Waals surface area contributed by atoms with Crippen molar-refractivity contribution in [2.24, 2.45) is 0 Å². The van der Waals surface area contributed by atoms with Gasteiger partial charge in [0.25, 0.3) is 5.91 Å². The standard InChI is InChI=1S/C16H16BrN3O/c17-12-4-3-5-13(10-12)19-16(21)15-7-6-14(11-18-15)20-8-1-2-9-20/h3-7,10-11H,1-2,8-9H2,(H,19,21). The Balaban J connectivity index is 1.70. The number of rotatable bonds is 3. The molecule has 108 valence electrons. The first-order valence-electron chi connectivity index (χ1n) is 7.00. The van der Waals surface area contributed by atoms with E-state index in [1.165, 1.54) is 12.8 Å². The molecule has 1 fully saturated rings. The van der Waals surface area contributed by atoms with Crippen LogP contribution in [0.4, 0.5) is 11.4 Å². The van der Waals surface area contributed by atoms with Gasteiger partial charge in [0.15, 0.2) is 0 Å². The fourth-order valence-electron chi connectivity index (χ4n) is 2.44. The summed E-state index contributed by atoms with van der Waals surface area (Å²) in [5.41, 5.74) is 2.27. The second kappa shape index (κ2) is 6.26. The molecule has 0 saturated carbocycles. The van der Waals surface area contributed by atoms with Crippen LogP contribution < -0.4 is 10.2 Å². The van der Waals surface area contributed by atoms with Crippen molar-refractivity contribution in [1.82, 2.24) is 4.98 Å². The Labute approximate surface area is 132 Å². The molecule has 2 aromatic rings. The Bertz CT molecular complexity index is 636.